The number of carboxylic acid groups (broad SMARTS) is 1. The Hall–Kier alpha value is -1.89. The van der Waals surface area contributed by atoms with Crippen LogP contribution >= 0.6 is 0 Å². The monoisotopic (exact) mass is 313 g/mol. The largest absolute Gasteiger partial charge is 0.491 e. The number of pyridine rings is 1. The number of nitrogens with zero attached hydrogens (tertiary/aromatic N) is 1. The van der Waals surface area contributed by atoms with Crippen molar-refractivity contribution in [2.24, 2.45) is 0 Å². The molecule has 0 radical (unpaired) electrons. The molecule has 116 valence electrons. The van der Waals surface area contributed by atoms with E-state index in [-0.39, 0.29) is 12.4 Å². The summed E-state index contributed by atoms with van der Waals surface area (Å²) in [6.45, 7) is 4.99. The van der Waals surface area contributed by atoms with Crippen LogP contribution < -0.4 is 4.74 Å². The standard InChI is InChI=1S/C14H19NO5S/c1-14(2,3)21(18,19)9-8-20-12-6-4-11(15-10-12)5-7-13(16)17/h4-7,10H,8-9H2,1-3H3,(H,16,17)/b7-5+. The fraction of sp³-hybridized carbons (Fsp3) is 0.429. The summed E-state index contributed by atoms with van der Waals surface area (Å²) >= 11 is 0. The summed E-state index contributed by atoms with van der Waals surface area (Å²) in [5.74, 6) is -0.687. The molecule has 1 aromatic heterocycles. The first-order valence-electron chi connectivity index (χ1n) is 6.34. The molecule has 0 aromatic carbocycles. The summed E-state index contributed by atoms with van der Waals surface area (Å²) in [7, 11) is -3.22. The number of ether oxygens (including phenoxy) is 1. The highest BCUT2D eigenvalue weighted by Gasteiger charge is 2.28. The Labute approximate surface area is 124 Å². The zero-order chi connectivity index (χ0) is 16.1. The molecule has 0 bridgehead atoms. The van der Waals surface area contributed by atoms with E-state index < -0.39 is 20.6 Å². The van der Waals surface area contributed by atoms with Gasteiger partial charge in [0.15, 0.2) is 9.84 Å². The lowest BCUT2D eigenvalue weighted by Gasteiger charge is -2.19. The highest BCUT2D eigenvalue weighted by atomic mass is 32.2. The second-order valence-electron chi connectivity index (χ2n) is 5.37. The molecule has 6 nitrogen and oxygen atoms in total. The van der Waals surface area contributed by atoms with Gasteiger partial charge in [-0.25, -0.2) is 13.2 Å². The van der Waals surface area contributed by atoms with Crippen LogP contribution in [0.25, 0.3) is 6.08 Å². The lowest BCUT2D eigenvalue weighted by atomic mass is 10.3. The normalized spacial score (nSPS) is 12.5. The van der Waals surface area contributed by atoms with Gasteiger partial charge in [-0.3, -0.25) is 4.98 Å². The Kier molecular flexibility index (Phi) is 5.48. The van der Waals surface area contributed by atoms with Crippen molar-refractivity contribution in [3.05, 3.63) is 30.1 Å². The van der Waals surface area contributed by atoms with Gasteiger partial charge >= 0.3 is 5.97 Å². The number of aromatic nitrogens is 1. The van der Waals surface area contributed by atoms with E-state index in [1.807, 2.05) is 0 Å². The van der Waals surface area contributed by atoms with Crippen molar-refractivity contribution >= 4 is 21.9 Å². The molecule has 7 heteroatoms. The van der Waals surface area contributed by atoms with Crippen LogP contribution in [0.3, 0.4) is 0 Å². The summed E-state index contributed by atoms with van der Waals surface area (Å²) in [5, 5.41) is 8.49. The van der Waals surface area contributed by atoms with Gasteiger partial charge in [0.25, 0.3) is 0 Å². The van der Waals surface area contributed by atoms with Gasteiger partial charge in [0.2, 0.25) is 0 Å². The molecule has 0 saturated heterocycles. The van der Waals surface area contributed by atoms with Gasteiger partial charge in [0.05, 0.1) is 22.4 Å². The van der Waals surface area contributed by atoms with Crippen LogP contribution in [0.4, 0.5) is 0 Å². The number of sulfone groups is 1. The highest BCUT2D eigenvalue weighted by Crippen LogP contribution is 2.16. The highest BCUT2D eigenvalue weighted by molar-refractivity contribution is 7.92. The van der Waals surface area contributed by atoms with Crippen molar-refractivity contribution in [3.8, 4) is 5.75 Å². The fourth-order valence-corrected chi connectivity index (χ4v) is 2.22. The summed E-state index contributed by atoms with van der Waals surface area (Å²) in [5.41, 5.74) is 0.479. The van der Waals surface area contributed by atoms with Crippen LogP contribution in [0.2, 0.25) is 0 Å². The molecule has 0 aliphatic rings. The van der Waals surface area contributed by atoms with Crippen LogP contribution in [0, 0.1) is 0 Å². The molecule has 0 spiro atoms. The minimum Gasteiger partial charge on any atom is -0.491 e. The van der Waals surface area contributed by atoms with E-state index in [1.54, 1.807) is 32.9 Å². The van der Waals surface area contributed by atoms with Gasteiger partial charge in [-0.1, -0.05) is 0 Å². The third kappa shape index (κ3) is 5.55. The molecule has 1 rings (SSSR count). The van der Waals surface area contributed by atoms with Crippen molar-refractivity contribution in [2.75, 3.05) is 12.4 Å². The topological polar surface area (TPSA) is 93.6 Å². The second kappa shape index (κ2) is 6.71. The van der Waals surface area contributed by atoms with E-state index in [0.29, 0.717) is 11.4 Å². The van der Waals surface area contributed by atoms with Crippen molar-refractivity contribution in [2.45, 2.75) is 25.5 Å². The molecule has 1 aromatic rings. The lowest BCUT2D eigenvalue weighted by molar-refractivity contribution is -0.131. The van der Waals surface area contributed by atoms with E-state index >= 15 is 0 Å². The molecule has 1 heterocycles. The Bertz CT molecular complexity index is 612. The summed E-state index contributed by atoms with van der Waals surface area (Å²) < 4.78 is 28.3. The van der Waals surface area contributed by atoms with Gasteiger partial charge in [0.1, 0.15) is 12.4 Å². The van der Waals surface area contributed by atoms with Gasteiger partial charge in [-0.15, -0.1) is 0 Å². The number of carbonyl (C=O) groups is 1. The molecule has 1 N–H and O–H groups in total. The lowest BCUT2D eigenvalue weighted by Crippen LogP contribution is -2.32. The average Bonchev–Trinajstić information content (AvgIpc) is 2.36. The molecule has 0 amide bonds. The maximum Gasteiger partial charge on any atom is 0.328 e. The molecule has 0 unspecified atom stereocenters. The molecule has 0 aliphatic carbocycles. The summed E-state index contributed by atoms with van der Waals surface area (Å²) in [6, 6.07) is 3.20. The summed E-state index contributed by atoms with van der Waals surface area (Å²) in [6.07, 6.45) is 3.76. The quantitative estimate of drug-likeness (QED) is 0.804. The molecule has 0 atom stereocenters. The number of rotatable bonds is 6. The molecular formula is C14H19NO5S. The molecule has 21 heavy (non-hydrogen) atoms. The van der Waals surface area contributed by atoms with Crippen LogP contribution in [0.15, 0.2) is 24.4 Å². The van der Waals surface area contributed by atoms with E-state index in [9.17, 15) is 13.2 Å². The van der Waals surface area contributed by atoms with Gasteiger partial charge < -0.3 is 9.84 Å². The number of hydrogen-bond acceptors (Lipinski definition) is 5. The fourth-order valence-electron chi connectivity index (χ4n) is 1.31. The zero-order valence-electron chi connectivity index (χ0n) is 12.2. The summed E-state index contributed by atoms with van der Waals surface area (Å²) in [4.78, 5) is 14.3. The van der Waals surface area contributed by atoms with Crippen LogP contribution in [0.5, 0.6) is 5.75 Å². The third-order valence-electron chi connectivity index (χ3n) is 2.71. The Morgan fingerprint density at radius 1 is 1.38 bits per heavy atom. The van der Waals surface area contributed by atoms with Gasteiger partial charge in [-0.05, 0) is 39.0 Å². The molecule has 0 fully saturated rings. The minimum absolute atomic E-state index is 0.0472. The second-order valence-corrected chi connectivity index (χ2v) is 8.23. The predicted octanol–water partition coefficient (Wildman–Crippen LogP) is 1.77. The maximum atomic E-state index is 11.9. The number of carboxylic acids is 1. The van der Waals surface area contributed by atoms with Gasteiger partial charge in [-0.2, -0.15) is 0 Å². The molecule has 0 saturated carbocycles. The van der Waals surface area contributed by atoms with E-state index in [0.717, 1.165) is 6.08 Å². The van der Waals surface area contributed by atoms with Crippen LogP contribution in [-0.2, 0) is 14.6 Å². The maximum absolute atomic E-state index is 11.9. The smallest absolute Gasteiger partial charge is 0.328 e. The van der Waals surface area contributed by atoms with Crippen molar-refractivity contribution in [1.82, 2.24) is 4.98 Å². The Morgan fingerprint density at radius 2 is 2.05 bits per heavy atom. The van der Waals surface area contributed by atoms with Gasteiger partial charge in [0, 0.05) is 6.08 Å². The van der Waals surface area contributed by atoms with Crippen LogP contribution in [0.1, 0.15) is 26.5 Å². The molecule has 0 aliphatic heterocycles. The van der Waals surface area contributed by atoms with Crippen molar-refractivity contribution in [3.63, 3.8) is 0 Å². The van der Waals surface area contributed by atoms with Crippen molar-refractivity contribution < 1.29 is 23.1 Å². The third-order valence-corrected chi connectivity index (χ3v) is 5.28. The average molecular weight is 313 g/mol. The number of hydrogen-bond donors (Lipinski definition) is 1. The van der Waals surface area contributed by atoms with Crippen LogP contribution in [-0.4, -0.2) is 41.6 Å². The van der Waals surface area contributed by atoms with Crippen molar-refractivity contribution in [1.29, 1.82) is 0 Å². The first-order chi connectivity index (χ1) is 9.62. The first-order valence-corrected chi connectivity index (χ1v) is 7.99. The Morgan fingerprint density at radius 3 is 2.52 bits per heavy atom. The van der Waals surface area contributed by atoms with E-state index in [4.69, 9.17) is 9.84 Å². The van der Waals surface area contributed by atoms with E-state index in [1.165, 1.54) is 12.3 Å². The van der Waals surface area contributed by atoms with E-state index in [2.05, 4.69) is 4.98 Å². The minimum atomic E-state index is -3.22. The Balaban J connectivity index is 2.56. The first kappa shape index (κ1) is 17.2. The number of aliphatic carboxylic acids is 1. The molecular weight excluding hydrogens is 294 g/mol. The SMILES string of the molecule is CC(C)(C)S(=O)(=O)CCOc1ccc(/C=C/C(=O)O)nc1. The predicted molar refractivity (Wildman–Crippen MR) is 79.9 cm³/mol. The zero-order valence-corrected chi connectivity index (χ0v) is 13.1.